The van der Waals surface area contributed by atoms with Crippen LogP contribution in [0, 0.1) is 0 Å². The van der Waals surface area contributed by atoms with Crippen LogP contribution < -0.4 is 5.73 Å². The van der Waals surface area contributed by atoms with Crippen molar-refractivity contribution in [1.82, 2.24) is 15.0 Å². The Morgan fingerprint density at radius 2 is 2.36 bits per heavy atom. The number of aryl methyl sites for hydroxylation is 1. The van der Waals surface area contributed by atoms with Gasteiger partial charge in [0.05, 0.1) is 12.1 Å². The van der Waals surface area contributed by atoms with Gasteiger partial charge in [0, 0.05) is 19.7 Å². The third-order valence-corrected chi connectivity index (χ3v) is 1.94. The van der Waals surface area contributed by atoms with Gasteiger partial charge in [-0.05, 0) is 19.4 Å². The standard InChI is InChI=1S/C9H16N4O/c1-13-7-8(11-12-13)6-9(14)4-2-3-5-10/h7H,2-6,10H2,1H3. The summed E-state index contributed by atoms with van der Waals surface area (Å²) in [6, 6.07) is 0. The van der Waals surface area contributed by atoms with Crippen LogP contribution in [0.2, 0.25) is 0 Å². The van der Waals surface area contributed by atoms with Crippen LogP contribution in [-0.2, 0) is 18.3 Å². The summed E-state index contributed by atoms with van der Waals surface area (Å²) < 4.78 is 1.60. The van der Waals surface area contributed by atoms with Crippen LogP contribution >= 0.6 is 0 Å². The number of nitrogens with zero attached hydrogens (tertiary/aromatic N) is 3. The van der Waals surface area contributed by atoms with Crippen LogP contribution in [0.4, 0.5) is 0 Å². The smallest absolute Gasteiger partial charge is 0.138 e. The van der Waals surface area contributed by atoms with Gasteiger partial charge in [-0.1, -0.05) is 5.21 Å². The Hall–Kier alpha value is -1.23. The molecule has 1 aromatic heterocycles. The molecule has 0 radical (unpaired) electrons. The number of nitrogens with two attached hydrogens (primary N) is 1. The van der Waals surface area contributed by atoms with Gasteiger partial charge in [-0.2, -0.15) is 0 Å². The molecule has 0 bridgehead atoms. The van der Waals surface area contributed by atoms with Crippen LogP contribution in [0.25, 0.3) is 0 Å². The Bertz CT molecular complexity index is 295. The molecule has 0 aliphatic heterocycles. The minimum absolute atomic E-state index is 0.207. The average molecular weight is 196 g/mol. The number of hydrogen-bond donors (Lipinski definition) is 1. The molecule has 0 fully saturated rings. The maximum atomic E-state index is 11.4. The molecule has 0 atom stereocenters. The van der Waals surface area contributed by atoms with Crippen molar-refractivity contribution in [3.63, 3.8) is 0 Å². The Morgan fingerprint density at radius 1 is 1.57 bits per heavy atom. The van der Waals surface area contributed by atoms with E-state index in [1.165, 1.54) is 0 Å². The third-order valence-electron chi connectivity index (χ3n) is 1.94. The van der Waals surface area contributed by atoms with Crippen molar-refractivity contribution in [3.05, 3.63) is 11.9 Å². The van der Waals surface area contributed by atoms with Crippen molar-refractivity contribution >= 4 is 5.78 Å². The number of hydrogen-bond acceptors (Lipinski definition) is 4. The Balaban J connectivity index is 2.27. The zero-order valence-corrected chi connectivity index (χ0v) is 8.44. The highest BCUT2D eigenvalue weighted by Crippen LogP contribution is 2.00. The van der Waals surface area contributed by atoms with E-state index in [1.54, 1.807) is 17.9 Å². The molecule has 0 saturated heterocycles. The fourth-order valence-electron chi connectivity index (χ4n) is 1.23. The molecule has 14 heavy (non-hydrogen) atoms. The summed E-state index contributed by atoms with van der Waals surface area (Å²) in [5.74, 6) is 0.207. The van der Waals surface area contributed by atoms with E-state index in [1.807, 2.05) is 0 Å². The van der Waals surface area contributed by atoms with Gasteiger partial charge < -0.3 is 5.73 Å². The van der Waals surface area contributed by atoms with Crippen LogP contribution in [0.1, 0.15) is 25.0 Å². The highest BCUT2D eigenvalue weighted by molar-refractivity contribution is 5.80. The molecule has 0 amide bonds. The van der Waals surface area contributed by atoms with Crippen molar-refractivity contribution in [2.75, 3.05) is 6.54 Å². The fourth-order valence-corrected chi connectivity index (χ4v) is 1.23. The van der Waals surface area contributed by atoms with Crippen LogP contribution in [0.5, 0.6) is 0 Å². The number of Topliss-reactive ketones (excluding diaryl/α,β-unsaturated/α-hetero) is 1. The molecule has 0 aliphatic carbocycles. The van der Waals surface area contributed by atoms with Gasteiger partial charge in [0.15, 0.2) is 0 Å². The van der Waals surface area contributed by atoms with E-state index in [4.69, 9.17) is 5.73 Å². The number of aromatic nitrogens is 3. The fraction of sp³-hybridized carbons (Fsp3) is 0.667. The number of rotatable bonds is 6. The summed E-state index contributed by atoms with van der Waals surface area (Å²) in [7, 11) is 1.79. The summed E-state index contributed by atoms with van der Waals surface area (Å²) in [5, 5.41) is 7.61. The third kappa shape index (κ3) is 3.66. The van der Waals surface area contributed by atoms with Crippen molar-refractivity contribution < 1.29 is 4.79 Å². The molecule has 5 nitrogen and oxygen atoms in total. The quantitative estimate of drug-likeness (QED) is 0.653. The zero-order chi connectivity index (χ0) is 10.4. The first kappa shape index (κ1) is 10.8. The first-order chi connectivity index (χ1) is 6.72. The molecule has 1 aromatic rings. The molecule has 1 rings (SSSR count). The van der Waals surface area contributed by atoms with E-state index in [0.29, 0.717) is 19.4 Å². The molecule has 0 aromatic carbocycles. The summed E-state index contributed by atoms with van der Waals surface area (Å²) in [4.78, 5) is 11.4. The van der Waals surface area contributed by atoms with Gasteiger partial charge >= 0.3 is 0 Å². The second-order valence-electron chi connectivity index (χ2n) is 3.34. The minimum atomic E-state index is 0.207. The summed E-state index contributed by atoms with van der Waals surface area (Å²) >= 11 is 0. The average Bonchev–Trinajstić information content (AvgIpc) is 2.52. The zero-order valence-electron chi connectivity index (χ0n) is 8.44. The lowest BCUT2D eigenvalue weighted by Crippen LogP contribution is -2.05. The highest BCUT2D eigenvalue weighted by atomic mass is 16.1. The van der Waals surface area contributed by atoms with E-state index in [-0.39, 0.29) is 5.78 Å². The van der Waals surface area contributed by atoms with Crippen molar-refractivity contribution in [3.8, 4) is 0 Å². The second kappa shape index (κ2) is 5.49. The summed E-state index contributed by atoms with van der Waals surface area (Å²) in [6.07, 6.45) is 4.52. The van der Waals surface area contributed by atoms with Crippen molar-refractivity contribution in [2.24, 2.45) is 12.8 Å². The maximum Gasteiger partial charge on any atom is 0.138 e. The van der Waals surface area contributed by atoms with E-state index in [9.17, 15) is 4.79 Å². The molecule has 0 saturated carbocycles. The van der Waals surface area contributed by atoms with E-state index >= 15 is 0 Å². The second-order valence-corrected chi connectivity index (χ2v) is 3.34. The molecule has 78 valence electrons. The summed E-state index contributed by atoms with van der Waals surface area (Å²) in [5.41, 5.74) is 6.07. The van der Waals surface area contributed by atoms with Gasteiger partial charge in [-0.3, -0.25) is 9.48 Å². The first-order valence-corrected chi connectivity index (χ1v) is 4.79. The Morgan fingerprint density at radius 3 is 2.93 bits per heavy atom. The molecule has 0 unspecified atom stereocenters. The van der Waals surface area contributed by atoms with Crippen LogP contribution in [0.3, 0.4) is 0 Å². The Labute approximate surface area is 83.3 Å². The van der Waals surface area contributed by atoms with Crippen LogP contribution in [-0.4, -0.2) is 27.3 Å². The maximum absolute atomic E-state index is 11.4. The molecular formula is C9H16N4O. The van der Waals surface area contributed by atoms with E-state index in [2.05, 4.69) is 10.3 Å². The molecular weight excluding hydrogens is 180 g/mol. The lowest BCUT2D eigenvalue weighted by Gasteiger charge is -1.96. The number of ketones is 1. The topological polar surface area (TPSA) is 73.8 Å². The van der Waals surface area contributed by atoms with Crippen molar-refractivity contribution in [1.29, 1.82) is 0 Å². The largest absolute Gasteiger partial charge is 0.330 e. The van der Waals surface area contributed by atoms with Gasteiger partial charge in [-0.25, -0.2) is 0 Å². The summed E-state index contributed by atoms with van der Waals surface area (Å²) in [6.45, 7) is 0.651. The van der Waals surface area contributed by atoms with Crippen LogP contribution in [0.15, 0.2) is 6.20 Å². The van der Waals surface area contributed by atoms with Gasteiger partial charge in [-0.15, -0.1) is 5.10 Å². The van der Waals surface area contributed by atoms with Gasteiger partial charge in [0.1, 0.15) is 5.78 Å². The normalized spacial score (nSPS) is 10.4. The molecule has 1 heterocycles. The molecule has 0 spiro atoms. The monoisotopic (exact) mass is 196 g/mol. The lowest BCUT2D eigenvalue weighted by atomic mass is 10.1. The molecule has 5 heteroatoms. The predicted molar refractivity (Wildman–Crippen MR) is 52.6 cm³/mol. The highest BCUT2D eigenvalue weighted by Gasteiger charge is 2.05. The first-order valence-electron chi connectivity index (χ1n) is 4.79. The Kier molecular flexibility index (Phi) is 4.25. The number of carbonyl (C=O) groups excluding carboxylic acids is 1. The predicted octanol–water partition coefficient (Wildman–Crippen LogP) is 0.0557. The van der Waals surface area contributed by atoms with E-state index < -0.39 is 0 Å². The number of unbranched alkanes of at least 4 members (excludes halogenated alkanes) is 1. The van der Waals surface area contributed by atoms with E-state index in [0.717, 1.165) is 18.5 Å². The SMILES string of the molecule is Cn1cc(CC(=O)CCCCN)nn1. The minimum Gasteiger partial charge on any atom is -0.330 e. The molecule has 0 aliphatic rings. The molecule has 2 N–H and O–H groups in total. The lowest BCUT2D eigenvalue weighted by molar-refractivity contribution is -0.118. The number of carbonyl (C=O) groups is 1. The van der Waals surface area contributed by atoms with Gasteiger partial charge in [0.25, 0.3) is 0 Å². The van der Waals surface area contributed by atoms with Crippen molar-refractivity contribution in [2.45, 2.75) is 25.7 Å². The van der Waals surface area contributed by atoms with Gasteiger partial charge in [0.2, 0.25) is 0 Å².